The minimum atomic E-state index is -0.0763. The molecule has 0 aliphatic rings. The van der Waals surface area contributed by atoms with Crippen molar-refractivity contribution in [2.75, 3.05) is 5.32 Å². The lowest BCUT2D eigenvalue weighted by molar-refractivity contribution is -0.114. The van der Waals surface area contributed by atoms with Crippen molar-refractivity contribution in [1.82, 2.24) is 5.16 Å². The van der Waals surface area contributed by atoms with Gasteiger partial charge in [-0.3, -0.25) is 4.79 Å². The molecule has 0 bridgehead atoms. The van der Waals surface area contributed by atoms with Crippen LogP contribution in [0.25, 0.3) is 0 Å². The second-order valence-electron chi connectivity index (χ2n) is 3.51. The van der Waals surface area contributed by atoms with E-state index < -0.39 is 0 Å². The highest BCUT2D eigenvalue weighted by Crippen LogP contribution is 2.18. The zero-order valence-electron chi connectivity index (χ0n) is 8.93. The average Bonchev–Trinajstić information content (AvgIpc) is 2.73. The fourth-order valence-electron chi connectivity index (χ4n) is 1.51. The van der Waals surface area contributed by atoms with Crippen LogP contribution in [-0.4, -0.2) is 11.1 Å². The molecule has 0 aliphatic heterocycles. The maximum absolute atomic E-state index is 11.0. The summed E-state index contributed by atoms with van der Waals surface area (Å²) in [6.45, 7) is 1.49. The summed E-state index contributed by atoms with van der Waals surface area (Å²) in [5, 5.41) is 6.63. The molecular formula is C12H12N2O2. The molecule has 4 nitrogen and oxygen atoms in total. The summed E-state index contributed by atoms with van der Waals surface area (Å²) in [6.07, 6.45) is 2.18. The second-order valence-corrected chi connectivity index (χ2v) is 3.51. The molecule has 16 heavy (non-hydrogen) atoms. The lowest BCUT2D eigenvalue weighted by Crippen LogP contribution is -2.08. The molecule has 1 aromatic carbocycles. The second kappa shape index (κ2) is 4.61. The molecule has 1 N–H and O–H groups in total. The SMILES string of the molecule is CC(=O)Nc1ccccc1Cc1ccon1. The number of benzene rings is 1. The molecule has 0 spiro atoms. The van der Waals surface area contributed by atoms with Gasteiger partial charge in [0.25, 0.3) is 0 Å². The molecule has 1 amide bonds. The molecule has 2 aromatic rings. The van der Waals surface area contributed by atoms with Crippen molar-refractivity contribution in [2.45, 2.75) is 13.3 Å². The number of rotatable bonds is 3. The molecule has 0 saturated heterocycles. The standard InChI is InChI=1S/C12H12N2O2/c1-9(15)13-12-5-3-2-4-10(12)8-11-6-7-16-14-11/h2-7H,8H2,1H3,(H,13,15). The summed E-state index contributed by atoms with van der Waals surface area (Å²) in [6, 6.07) is 9.46. The Bertz CT molecular complexity index is 478. The van der Waals surface area contributed by atoms with E-state index in [0.29, 0.717) is 6.42 Å². The van der Waals surface area contributed by atoms with Gasteiger partial charge in [-0.2, -0.15) is 0 Å². The summed E-state index contributed by atoms with van der Waals surface area (Å²) in [5.74, 6) is -0.0763. The molecule has 0 fully saturated rings. The maximum Gasteiger partial charge on any atom is 0.221 e. The fraction of sp³-hybridized carbons (Fsp3) is 0.167. The zero-order valence-corrected chi connectivity index (χ0v) is 8.93. The zero-order chi connectivity index (χ0) is 11.4. The minimum absolute atomic E-state index is 0.0763. The van der Waals surface area contributed by atoms with Crippen molar-refractivity contribution in [1.29, 1.82) is 0 Å². The minimum Gasteiger partial charge on any atom is -0.365 e. The van der Waals surface area contributed by atoms with Crippen molar-refractivity contribution in [3.8, 4) is 0 Å². The normalized spacial score (nSPS) is 10.1. The third kappa shape index (κ3) is 2.48. The van der Waals surface area contributed by atoms with Crippen molar-refractivity contribution in [2.24, 2.45) is 0 Å². The highest BCUT2D eigenvalue weighted by Gasteiger charge is 2.05. The van der Waals surface area contributed by atoms with E-state index in [0.717, 1.165) is 16.9 Å². The van der Waals surface area contributed by atoms with Crippen LogP contribution in [0.1, 0.15) is 18.2 Å². The number of carbonyl (C=O) groups is 1. The van der Waals surface area contributed by atoms with Crippen LogP contribution in [0, 0.1) is 0 Å². The predicted octanol–water partition coefficient (Wildman–Crippen LogP) is 2.22. The van der Waals surface area contributed by atoms with Gasteiger partial charge in [-0.1, -0.05) is 23.4 Å². The molecule has 0 atom stereocenters. The van der Waals surface area contributed by atoms with E-state index in [1.807, 2.05) is 30.3 Å². The lowest BCUT2D eigenvalue weighted by atomic mass is 10.1. The number of aromatic nitrogens is 1. The van der Waals surface area contributed by atoms with Gasteiger partial charge in [-0.25, -0.2) is 0 Å². The summed E-state index contributed by atoms with van der Waals surface area (Å²) in [7, 11) is 0. The molecule has 2 rings (SSSR count). The van der Waals surface area contributed by atoms with Gasteiger partial charge >= 0.3 is 0 Å². The molecule has 0 unspecified atom stereocenters. The monoisotopic (exact) mass is 216 g/mol. The third-order valence-corrected chi connectivity index (χ3v) is 2.19. The van der Waals surface area contributed by atoms with Crippen LogP contribution >= 0.6 is 0 Å². The fourth-order valence-corrected chi connectivity index (χ4v) is 1.51. The first-order valence-corrected chi connectivity index (χ1v) is 5.00. The summed E-state index contributed by atoms with van der Waals surface area (Å²) in [4.78, 5) is 11.0. The Kier molecular flexibility index (Phi) is 3.00. The topological polar surface area (TPSA) is 55.1 Å². The van der Waals surface area contributed by atoms with Crippen molar-refractivity contribution in [3.63, 3.8) is 0 Å². The van der Waals surface area contributed by atoms with E-state index in [2.05, 4.69) is 10.5 Å². The van der Waals surface area contributed by atoms with Gasteiger partial charge in [-0.15, -0.1) is 0 Å². The van der Waals surface area contributed by atoms with Crippen LogP contribution in [0.5, 0.6) is 0 Å². The number of nitrogens with zero attached hydrogens (tertiary/aromatic N) is 1. The summed E-state index contributed by atoms with van der Waals surface area (Å²) in [5.41, 5.74) is 2.68. The Morgan fingerprint density at radius 2 is 2.19 bits per heavy atom. The molecule has 0 aliphatic carbocycles. The Morgan fingerprint density at radius 3 is 2.88 bits per heavy atom. The molecule has 0 saturated carbocycles. The van der Waals surface area contributed by atoms with Crippen LogP contribution in [0.2, 0.25) is 0 Å². The Hall–Kier alpha value is -2.10. The first-order chi connectivity index (χ1) is 7.75. The van der Waals surface area contributed by atoms with Gasteiger partial charge in [0, 0.05) is 25.1 Å². The Morgan fingerprint density at radius 1 is 1.38 bits per heavy atom. The average molecular weight is 216 g/mol. The molecule has 4 heteroatoms. The number of nitrogens with one attached hydrogen (secondary N) is 1. The van der Waals surface area contributed by atoms with E-state index >= 15 is 0 Å². The molecule has 1 heterocycles. The van der Waals surface area contributed by atoms with Gasteiger partial charge < -0.3 is 9.84 Å². The quantitative estimate of drug-likeness (QED) is 0.855. The van der Waals surface area contributed by atoms with Crippen molar-refractivity contribution in [3.05, 3.63) is 47.9 Å². The van der Waals surface area contributed by atoms with Gasteiger partial charge in [0.05, 0.1) is 5.69 Å². The third-order valence-electron chi connectivity index (χ3n) is 2.19. The van der Waals surface area contributed by atoms with Gasteiger partial charge in [0.15, 0.2) is 0 Å². The van der Waals surface area contributed by atoms with E-state index in [4.69, 9.17) is 4.52 Å². The first-order valence-electron chi connectivity index (χ1n) is 5.00. The van der Waals surface area contributed by atoms with Crippen LogP contribution in [0.15, 0.2) is 41.1 Å². The van der Waals surface area contributed by atoms with Crippen LogP contribution in [0.3, 0.4) is 0 Å². The predicted molar refractivity (Wildman–Crippen MR) is 60.1 cm³/mol. The molecule has 82 valence electrons. The molecular weight excluding hydrogens is 204 g/mol. The number of anilines is 1. The van der Waals surface area contributed by atoms with E-state index in [-0.39, 0.29) is 5.91 Å². The van der Waals surface area contributed by atoms with Crippen LogP contribution in [-0.2, 0) is 11.2 Å². The number of carbonyl (C=O) groups excluding carboxylic acids is 1. The van der Waals surface area contributed by atoms with E-state index in [9.17, 15) is 4.79 Å². The number of amides is 1. The molecule has 0 radical (unpaired) electrons. The van der Waals surface area contributed by atoms with E-state index in [1.165, 1.54) is 13.2 Å². The van der Waals surface area contributed by atoms with Crippen LogP contribution < -0.4 is 5.32 Å². The van der Waals surface area contributed by atoms with Gasteiger partial charge in [0.1, 0.15) is 6.26 Å². The number of hydrogen-bond donors (Lipinski definition) is 1. The highest BCUT2D eigenvalue weighted by atomic mass is 16.5. The van der Waals surface area contributed by atoms with Crippen molar-refractivity contribution < 1.29 is 9.32 Å². The number of hydrogen-bond acceptors (Lipinski definition) is 3. The van der Waals surface area contributed by atoms with Gasteiger partial charge in [-0.05, 0) is 11.6 Å². The number of para-hydroxylation sites is 1. The first kappa shape index (κ1) is 10.4. The van der Waals surface area contributed by atoms with Crippen LogP contribution in [0.4, 0.5) is 5.69 Å². The lowest BCUT2D eigenvalue weighted by Gasteiger charge is -2.07. The Labute approximate surface area is 93.3 Å². The highest BCUT2D eigenvalue weighted by molar-refractivity contribution is 5.89. The maximum atomic E-state index is 11.0. The Balaban J connectivity index is 2.22. The van der Waals surface area contributed by atoms with Gasteiger partial charge in [0.2, 0.25) is 5.91 Å². The van der Waals surface area contributed by atoms with E-state index in [1.54, 1.807) is 0 Å². The summed E-state index contributed by atoms with van der Waals surface area (Å²) < 4.78 is 4.77. The molecule has 1 aromatic heterocycles. The van der Waals surface area contributed by atoms with Crippen molar-refractivity contribution >= 4 is 11.6 Å². The smallest absolute Gasteiger partial charge is 0.221 e. The largest absolute Gasteiger partial charge is 0.365 e. The summed E-state index contributed by atoms with van der Waals surface area (Å²) >= 11 is 0.